The number of alkyl halides is 1. The Hall–Kier alpha value is -1.86. The van der Waals surface area contributed by atoms with Crippen molar-refractivity contribution < 1.29 is 33.7 Å². The van der Waals surface area contributed by atoms with Crippen molar-refractivity contribution in [1.82, 2.24) is 0 Å². The van der Waals surface area contributed by atoms with Gasteiger partial charge in [-0.15, -0.1) is 0 Å². The number of aliphatic hydroxyl groups excluding tert-OH is 1. The predicted octanol–water partition coefficient (Wildman–Crippen LogP) is 3.78. The quantitative estimate of drug-likeness (QED) is 0.447. The van der Waals surface area contributed by atoms with E-state index in [1.807, 2.05) is 13.8 Å². The Kier molecular flexibility index (Phi) is 6.00. The molecule has 3 saturated carbocycles. The molecule has 0 aromatic heterocycles. The smallest absolute Gasteiger partial charge is 0.309 e. The van der Waals surface area contributed by atoms with Gasteiger partial charge in [0.05, 0.1) is 12.0 Å². The van der Waals surface area contributed by atoms with Crippen molar-refractivity contribution in [3.05, 3.63) is 23.8 Å². The summed E-state index contributed by atoms with van der Waals surface area (Å²) in [7, 11) is 0. The molecule has 0 bridgehead atoms. The van der Waals surface area contributed by atoms with Crippen LogP contribution in [0.1, 0.15) is 79.1 Å². The standard InChI is InChI=1S/C27H37FO6/c1-5-23(2,33)15-22(32)34-27(21(31)16-29)11-9-19-20-7-6-17-14-18(30)8-10-24(17,3)26(20,28)13-12-25(19,27)4/h8,10,14,16,19-21,31,33H,5-7,9,11-13,15H2,1-4H3/t19-,20-,21?,23?,24-,25-,26+,27-/m0/s1. The van der Waals surface area contributed by atoms with Crippen molar-refractivity contribution >= 4 is 18.0 Å². The lowest BCUT2D eigenvalue weighted by Crippen LogP contribution is -2.65. The number of ether oxygens (including phenoxy) is 1. The van der Waals surface area contributed by atoms with Gasteiger partial charge in [-0.3, -0.25) is 9.59 Å². The molecule has 8 atom stereocenters. The Balaban J connectivity index is 1.70. The summed E-state index contributed by atoms with van der Waals surface area (Å²) in [5.74, 6) is -1.34. The van der Waals surface area contributed by atoms with Crippen molar-refractivity contribution in [2.45, 2.75) is 102 Å². The van der Waals surface area contributed by atoms with E-state index < -0.39 is 39.8 Å². The first-order valence-corrected chi connectivity index (χ1v) is 12.5. The maximum Gasteiger partial charge on any atom is 0.309 e. The van der Waals surface area contributed by atoms with Crippen LogP contribution in [0.5, 0.6) is 0 Å². The van der Waals surface area contributed by atoms with Crippen LogP contribution in [-0.4, -0.2) is 51.2 Å². The molecule has 0 aromatic carbocycles. The topological polar surface area (TPSA) is 101 Å². The van der Waals surface area contributed by atoms with E-state index in [2.05, 4.69) is 0 Å². The summed E-state index contributed by atoms with van der Waals surface area (Å²) >= 11 is 0. The van der Waals surface area contributed by atoms with Crippen LogP contribution in [0, 0.1) is 22.7 Å². The summed E-state index contributed by atoms with van der Waals surface area (Å²) in [6, 6.07) is 0. The van der Waals surface area contributed by atoms with Gasteiger partial charge in [-0.2, -0.15) is 0 Å². The second kappa shape index (κ2) is 8.09. The first-order chi connectivity index (χ1) is 15.8. The summed E-state index contributed by atoms with van der Waals surface area (Å²) in [5.41, 5.74) is -5.14. The Morgan fingerprint density at radius 2 is 2.00 bits per heavy atom. The molecule has 188 valence electrons. The first kappa shape index (κ1) is 25.2. The van der Waals surface area contributed by atoms with Crippen LogP contribution in [-0.2, 0) is 19.1 Å². The molecule has 6 nitrogen and oxygen atoms in total. The van der Waals surface area contributed by atoms with Gasteiger partial charge < -0.3 is 19.7 Å². The van der Waals surface area contributed by atoms with Crippen LogP contribution in [0.4, 0.5) is 4.39 Å². The molecule has 0 heterocycles. The SMILES string of the molecule is CCC(C)(O)CC(=O)O[C@]1(C(O)C=O)CC[C@H]2[C@@H]3CCC4=CC(=O)C=C[C@]4(C)[C@@]3(F)CC[C@@]21C. The molecule has 2 N–H and O–H groups in total. The van der Waals surface area contributed by atoms with Gasteiger partial charge in [0.25, 0.3) is 0 Å². The van der Waals surface area contributed by atoms with Crippen LogP contribution in [0.2, 0.25) is 0 Å². The molecule has 0 aromatic rings. The van der Waals surface area contributed by atoms with Crippen molar-refractivity contribution in [3.8, 4) is 0 Å². The fourth-order valence-electron chi connectivity index (χ4n) is 7.62. The van der Waals surface area contributed by atoms with Crippen LogP contribution in [0.25, 0.3) is 0 Å². The van der Waals surface area contributed by atoms with Gasteiger partial charge >= 0.3 is 5.97 Å². The van der Waals surface area contributed by atoms with Crippen LogP contribution in [0.15, 0.2) is 23.8 Å². The highest BCUT2D eigenvalue weighted by Gasteiger charge is 2.72. The molecule has 0 spiro atoms. The molecule has 4 rings (SSSR count). The Morgan fingerprint density at radius 1 is 1.29 bits per heavy atom. The minimum atomic E-state index is -1.57. The van der Waals surface area contributed by atoms with Gasteiger partial charge in [0.2, 0.25) is 0 Å². The zero-order chi connectivity index (χ0) is 25.2. The Bertz CT molecular complexity index is 955. The molecular weight excluding hydrogens is 439 g/mol. The number of hydrogen-bond acceptors (Lipinski definition) is 6. The fraction of sp³-hybridized carbons (Fsp3) is 0.741. The number of carbonyl (C=O) groups is 3. The molecule has 0 radical (unpaired) electrons. The van der Waals surface area contributed by atoms with E-state index in [0.717, 1.165) is 5.57 Å². The lowest BCUT2D eigenvalue weighted by atomic mass is 9.45. The van der Waals surface area contributed by atoms with Crippen LogP contribution >= 0.6 is 0 Å². The number of halogens is 1. The molecular formula is C27H37FO6. The third kappa shape index (κ3) is 3.37. The average Bonchev–Trinajstić information content (AvgIpc) is 3.07. The van der Waals surface area contributed by atoms with Crippen LogP contribution < -0.4 is 0 Å². The predicted molar refractivity (Wildman–Crippen MR) is 123 cm³/mol. The summed E-state index contributed by atoms with van der Waals surface area (Å²) in [5, 5.41) is 21.3. The molecule has 0 aliphatic heterocycles. The normalized spacial score (nSPS) is 43.6. The summed E-state index contributed by atoms with van der Waals surface area (Å²) in [6.45, 7) is 7.09. The van der Waals surface area contributed by atoms with Gasteiger partial charge in [-0.25, -0.2) is 4.39 Å². The zero-order valence-electron chi connectivity index (χ0n) is 20.6. The van der Waals surface area contributed by atoms with Crippen molar-refractivity contribution in [1.29, 1.82) is 0 Å². The lowest BCUT2D eigenvalue weighted by molar-refractivity contribution is -0.218. The zero-order valence-corrected chi connectivity index (χ0v) is 20.6. The fourth-order valence-corrected chi connectivity index (χ4v) is 7.62. The monoisotopic (exact) mass is 476 g/mol. The number of aldehydes is 1. The number of allylic oxidation sites excluding steroid dienone is 4. The largest absolute Gasteiger partial charge is 0.455 e. The highest BCUT2D eigenvalue weighted by atomic mass is 19.1. The number of rotatable bonds is 6. The van der Waals surface area contributed by atoms with Gasteiger partial charge in [-0.1, -0.05) is 25.5 Å². The summed E-state index contributed by atoms with van der Waals surface area (Å²) in [6.07, 6.45) is 6.17. The molecule has 0 amide bonds. The Labute approximate surface area is 200 Å². The molecule has 4 aliphatic rings. The first-order valence-electron chi connectivity index (χ1n) is 12.5. The van der Waals surface area contributed by atoms with Gasteiger partial charge in [0, 0.05) is 10.8 Å². The number of fused-ring (bicyclic) bond motifs is 5. The van der Waals surface area contributed by atoms with Gasteiger partial charge in [0.1, 0.15) is 11.8 Å². The van der Waals surface area contributed by atoms with Crippen molar-refractivity contribution in [2.75, 3.05) is 0 Å². The minimum Gasteiger partial charge on any atom is -0.455 e. The number of esters is 1. The Morgan fingerprint density at radius 3 is 2.65 bits per heavy atom. The average molecular weight is 477 g/mol. The second-order valence-corrected chi connectivity index (χ2v) is 11.6. The second-order valence-electron chi connectivity index (χ2n) is 11.6. The summed E-state index contributed by atoms with van der Waals surface area (Å²) in [4.78, 5) is 36.7. The summed E-state index contributed by atoms with van der Waals surface area (Å²) < 4.78 is 23.0. The van der Waals surface area contributed by atoms with E-state index in [9.17, 15) is 24.6 Å². The maximum atomic E-state index is 17.1. The van der Waals surface area contributed by atoms with E-state index >= 15 is 4.39 Å². The van der Waals surface area contributed by atoms with E-state index in [1.54, 1.807) is 26.0 Å². The van der Waals surface area contributed by atoms with E-state index in [1.165, 1.54) is 6.08 Å². The van der Waals surface area contributed by atoms with E-state index in [-0.39, 0.29) is 36.9 Å². The molecule has 4 aliphatic carbocycles. The van der Waals surface area contributed by atoms with E-state index in [0.29, 0.717) is 38.4 Å². The number of aliphatic hydroxyl groups is 2. The highest BCUT2D eigenvalue weighted by molar-refractivity contribution is 6.01. The maximum absolute atomic E-state index is 17.1. The molecule has 0 saturated heterocycles. The molecule has 7 heteroatoms. The van der Waals surface area contributed by atoms with Crippen molar-refractivity contribution in [2.24, 2.45) is 22.7 Å². The molecule has 2 unspecified atom stereocenters. The lowest BCUT2D eigenvalue weighted by Gasteiger charge is -2.61. The molecule has 34 heavy (non-hydrogen) atoms. The molecule has 3 fully saturated rings. The van der Waals surface area contributed by atoms with Crippen molar-refractivity contribution in [3.63, 3.8) is 0 Å². The third-order valence-corrected chi connectivity index (χ3v) is 10.0. The minimum absolute atomic E-state index is 0.112. The number of carbonyl (C=O) groups excluding carboxylic acids is 3. The number of hydrogen-bond donors (Lipinski definition) is 2. The van der Waals surface area contributed by atoms with Crippen LogP contribution in [0.3, 0.4) is 0 Å². The number of ketones is 1. The van der Waals surface area contributed by atoms with Gasteiger partial charge in [-0.05, 0) is 82.8 Å². The van der Waals surface area contributed by atoms with Gasteiger partial charge in [0.15, 0.2) is 17.7 Å². The third-order valence-electron chi connectivity index (χ3n) is 10.0. The highest BCUT2D eigenvalue weighted by Crippen LogP contribution is 2.70. The van der Waals surface area contributed by atoms with E-state index in [4.69, 9.17) is 4.74 Å².